The summed E-state index contributed by atoms with van der Waals surface area (Å²) in [5, 5.41) is 19.6. The molecule has 1 fully saturated rings. The van der Waals surface area contributed by atoms with Crippen LogP contribution >= 0.6 is 0 Å². The molecule has 3 N–H and O–H groups in total. The lowest BCUT2D eigenvalue weighted by Gasteiger charge is -2.23. The number of nitrogens with zero attached hydrogens (tertiary/aromatic N) is 1. The lowest BCUT2D eigenvalue weighted by Crippen LogP contribution is -2.46. The van der Waals surface area contributed by atoms with Gasteiger partial charge in [-0.25, -0.2) is 4.79 Å². The summed E-state index contributed by atoms with van der Waals surface area (Å²) >= 11 is 0. The van der Waals surface area contributed by atoms with Crippen molar-refractivity contribution in [2.24, 2.45) is 0 Å². The van der Waals surface area contributed by atoms with E-state index in [-0.39, 0.29) is 6.42 Å². The Morgan fingerprint density at radius 2 is 2.24 bits per heavy atom. The van der Waals surface area contributed by atoms with Gasteiger partial charge < -0.3 is 14.9 Å². The molecule has 8 heteroatoms. The van der Waals surface area contributed by atoms with Crippen LogP contribution in [0.4, 0.5) is 0 Å². The van der Waals surface area contributed by atoms with Crippen molar-refractivity contribution in [2.75, 3.05) is 6.61 Å². The zero-order valence-corrected chi connectivity index (χ0v) is 11.8. The van der Waals surface area contributed by atoms with E-state index in [2.05, 4.69) is 4.98 Å². The molecule has 8 nitrogen and oxygen atoms in total. The fourth-order valence-electron chi connectivity index (χ4n) is 2.47. The van der Waals surface area contributed by atoms with Gasteiger partial charge in [-0.3, -0.25) is 19.1 Å². The van der Waals surface area contributed by atoms with Crippen molar-refractivity contribution in [3.63, 3.8) is 0 Å². The molecule has 3 atom stereocenters. The number of hydrogen-bond donors (Lipinski definition) is 3. The molecule has 1 aromatic heterocycles. The first-order valence-corrected chi connectivity index (χ1v) is 6.67. The van der Waals surface area contributed by atoms with Gasteiger partial charge in [0, 0.05) is 18.2 Å². The number of hydrogen-bond acceptors (Lipinski definition) is 6. The van der Waals surface area contributed by atoms with Crippen LogP contribution in [0.1, 0.15) is 32.1 Å². The summed E-state index contributed by atoms with van der Waals surface area (Å²) in [6.45, 7) is 2.41. The highest BCUT2D eigenvalue weighted by atomic mass is 16.5. The molecule has 0 aliphatic carbocycles. The van der Waals surface area contributed by atoms with Crippen LogP contribution in [0.25, 0.3) is 0 Å². The Morgan fingerprint density at radius 1 is 1.57 bits per heavy atom. The number of aromatic nitrogens is 2. The monoisotopic (exact) mass is 298 g/mol. The van der Waals surface area contributed by atoms with Gasteiger partial charge in [0.2, 0.25) is 0 Å². The first kappa shape index (κ1) is 15.6. The summed E-state index contributed by atoms with van der Waals surface area (Å²) in [7, 11) is 0. The quantitative estimate of drug-likeness (QED) is 0.635. The highest BCUT2D eigenvalue weighted by Crippen LogP contribution is 2.36. The van der Waals surface area contributed by atoms with Gasteiger partial charge in [0.25, 0.3) is 5.56 Å². The van der Waals surface area contributed by atoms with E-state index in [1.165, 1.54) is 13.1 Å². The molecule has 1 aliphatic heterocycles. The number of aliphatic hydroxyl groups excluding tert-OH is 1. The molecule has 0 unspecified atom stereocenters. The fourth-order valence-corrected chi connectivity index (χ4v) is 2.47. The van der Waals surface area contributed by atoms with E-state index in [9.17, 15) is 24.6 Å². The van der Waals surface area contributed by atoms with Gasteiger partial charge >= 0.3 is 5.69 Å². The fraction of sp³-hybridized carbons (Fsp3) is 0.615. The molecule has 0 aromatic carbocycles. The number of aromatic amines is 1. The summed E-state index contributed by atoms with van der Waals surface area (Å²) in [5.41, 5.74) is -2.62. The summed E-state index contributed by atoms with van der Waals surface area (Å²) in [4.78, 5) is 37.2. The van der Waals surface area contributed by atoms with Gasteiger partial charge in [0.1, 0.15) is 12.3 Å². The molecule has 0 saturated carbocycles. The summed E-state index contributed by atoms with van der Waals surface area (Å²) in [6, 6.07) is 0. The van der Waals surface area contributed by atoms with E-state index in [1.807, 2.05) is 0 Å². The second-order valence-electron chi connectivity index (χ2n) is 5.12. The molecule has 2 heterocycles. The Morgan fingerprint density at radius 3 is 2.71 bits per heavy atom. The highest BCUT2D eigenvalue weighted by Gasteiger charge is 2.51. The van der Waals surface area contributed by atoms with E-state index < -0.39 is 41.6 Å². The van der Waals surface area contributed by atoms with Crippen LogP contribution in [0, 0.1) is 0 Å². The van der Waals surface area contributed by atoms with Crippen molar-refractivity contribution in [1.29, 1.82) is 0 Å². The number of Topliss-reactive ketones (excluding diaryl/α,β-unsaturated/α-hetero) is 1. The Hall–Kier alpha value is -1.77. The minimum atomic E-state index is -1.85. The minimum Gasteiger partial charge on any atom is -0.394 e. The summed E-state index contributed by atoms with van der Waals surface area (Å²) in [5.74, 6) is -0.544. The maximum atomic E-state index is 11.9. The van der Waals surface area contributed by atoms with Gasteiger partial charge in [-0.05, 0) is 13.3 Å². The van der Waals surface area contributed by atoms with Gasteiger partial charge in [0.15, 0.2) is 11.4 Å². The molecule has 1 aliphatic rings. The number of carbonyl (C=O) groups is 1. The van der Waals surface area contributed by atoms with Crippen LogP contribution in [-0.4, -0.2) is 43.9 Å². The zero-order valence-electron chi connectivity index (χ0n) is 11.8. The molecular formula is C13H18N2O6. The number of aliphatic hydroxyl groups is 2. The molecule has 1 saturated heterocycles. The van der Waals surface area contributed by atoms with Crippen LogP contribution in [0.5, 0.6) is 0 Å². The van der Waals surface area contributed by atoms with Gasteiger partial charge in [-0.15, -0.1) is 0 Å². The van der Waals surface area contributed by atoms with E-state index in [1.54, 1.807) is 6.92 Å². The standard InChI is InChI=1S/C13H18N2O6/c1-3-8-5-15(12(19)14-11(8)18)10-4-13(20,7(2)17)9(6-16)21-10/h5,9-10,16,20H,3-4,6H2,1-2H3,(H,14,18,19)/t9-,10-,13-/m1/s1. The van der Waals surface area contributed by atoms with Gasteiger partial charge in [0.05, 0.1) is 6.61 Å². The van der Waals surface area contributed by atoms with Gasteiger partial charge in [-0.2, -0.15) is 0 Å². The van der Waals surface area contributed by atoms with Crippen molar-refractivity contribution in [1.82, 2.24) is 9.55 Å². The average molecular weight is 298 g/mol. The largest absolute Gasteiger partial charge is 0.394 e. The number of ketones is 1. The number of carbonyl (C=O) groups excluding carboxylic acids is 1. The summed E-state index contributed by atoms with van der Waals surface area (Å²) < 4.78 is 6.54. The SMILES string of the molecule is CCc1cn([C@H]2C[C@@](O)(C(C)=O)[C@@H](CO)O2)c(=O)[nH]c1=O. The van der Waals surface area contributed by atoms with E-state index in [4.69, 9.17) is 4.74 Å². The molecule has 0 bridgehead atoms. The number of ether oxygens (including phenoxy) is 1. The molecular weight excluding hydrogens is 280 g/mol. The smallest absolute Gasteiger partial charge is 0.330 e. The third kappa shape index (κ3) is 2.57. The first-order chi connectivity index (χ1) is 9.83. The van der Waals surface area contributed by atoms with Crippen LogP contribution < -0.4 is 11.2 Å². The Balaban J connectivity index is 2.43. The molecule has 0 radical (unpaired) electrons. The first-order valence-electron chi connectivity index (χ1n) is 6.67. The van der Waals surface area contributed by atoms with Crippen LogP contribution in [0.15, 0.2) is 15.8 Å². The van der Waals surface area contributed by atoms with Crippen molar-refractivity contribution < 1.29 is 19.7 Å². The molecule has 0 amide bonds. The maximum Gasteiger partial charge on any atom is 0.330 e. The molecule has 21 heavy (non-hydrogen) atoms. The number of H-pyrrole nitrogens is 1. The second-order valence-corrected chi connectivity index (χ2v) is 5.12. The molecule has 2 rings (SSSR count). The van der Waals surface area contributed by atoms with E-state index in [0.29, 0.717) is 12.0 Å². The van der Waals surface area contributed by atoms with E-state index in [0.717, 1.165) is 4.57 Å². The van der Waals surface area contributed by atoms with E-state index >= 15 is 0 Å². The minimum absolute atomic E-state index is 0.164. The van der Waals surface area contributed by atoms with Crippen molar-refractivity contribution in [3.05, 3.63) is 32.6 Å². The predicted molar refractivity (Wildman–Crippen MR) is 71.9 cm³/mol. The topological polar surface area (TPSA) is 122 Å². The van der Waals surface area contributed by atoms with Crippen LogP contribution in [-0.2, 0) is 16.0 Å². The predicted octanol–water partition coefficient (Wildman–Crippen LogP) is -1.30. The van der Waals surface area contributed by atoms with Crippen molar-refractivity contribution in [3.8, 4) is 0 Å². The second kappa shape index (κ2) is 5.55. The lowest BCUT2D eigenvalue weighted by atomic mass is 9.91. The molecule has 0 spiro atoms. The Bertz CT molecular complexity index is 663. The number of nitrogens with one attached hydrogen (secondary N) is 1. The maximum absolute atomic E-state index is 11.9. The number of aryl methyl sites for hydroxylation is 1. The number of rotatable bonds is 4. The molecule has 1 aromatic rings. The third-order valence-electron chi connectivity index (χ3n) is 3.85. The third-order valence-corrected chi connectivity index (χ3v) is 3.85. The average Bonchev–Trinajstić information content (AvgIpc) is 2.77. The Labute approximate surface area is 120 Å². The van der Waals surface area contributed by atoms with Crippen LogP contribution in [0.3, 0.4) is 0 Å². The van der Waals surface area contributed by atoms with Crippen molar-refractivity contribution >= 4 is 5.78 Å². The zero-order chi connectivity index (χ0) is 15.8. The molecule has 116 valence electrons. The van der Waals surface area contributed by atoms with Crippen molar-refractivity contribution in [2.45, 2.75) is 44.6 Å². The summed E-state index contributed by atoms with van der Waals surface area (Å²) in [6.07, 6.45) is -0.424. The van der Waals surface area contributed by atoms with Gasteiger partial charge in [-0.1, -0.05) is 6.92 Å². The highest BCUT2D eigenvalue weighted by molar-refractivity contribution is 5.85. The lowest BCUT2D eigenvalue weighted by molar-refractivity contribution is -0.144. The normalized spacial score (nSPS) is 28.8. The Kier molecular flexibility index (Phi) is 4.13. The van der Waals surface area contributed by atoms with Crippen LogP contribution in [0.2, 0.25) is 0 Å².